The van der Waals surface area contributed by atoms with E-state index < -0.39 is 10.8 Å². The summed E-state index contributed by atoms with van der Waals surface area (Å²) in [6.07, 6.45) is 1.67. The molecule has 0 aromatic heterocycles. The van der Waals surface area contributed by atoms with Crippen LogP contribution < -0.4 is 10.1 Å². The Morgan fingerprint density at radius 2 is 2.05 bits per heavy atom. The van der Waals surface area contributed by atoms with Gasteiger partial charge in [-0.15, -0.1) is 0 Å². The van der Waals surface area contributed by atoms with Crippen molar-refractivity contribution in [3.05, 3.63) is 58.6 Å². The van der Waals surface area contributed by atoms with Gasteiger partial charge in [0.2, 0.25) is 0 Å². The lowest BCUT2D eigenvalue weighted by Gasteiger charge is -2.10. The molecule has 5 heteroatoms. The monoisotopic (exact) mass is 323 g/mol. The van der Waals surface area contributed by atoms with Crippen molar-refractivity contribution in [3.8, 4) is 5.75 Å². The SMILES string of the molecule is COc1cccc(CNc2ccc(Cl)c(C[S@](C)=O)c2)c1. The minimum atomic E-state index is -0.908. The third-order valence-electron chi connectivity index (χ3n) is 3.04. The first-order valence-electron chi connectivity index (χ1n) is 6.54. The van der Waals surface area contributed by atoms with E-state index >= 15 is 0 Å². The van der Waals surface area contributed by atoms with Crippen LogP contribution in [0.4, 0.5) is 5.69 Å². The van der Waals surface area contributed by atoms with Crippen molar-refractivity contribution < 1.29 is 8.95 Å². The van der Waals surface area contributed by atoms with Crippen LogP contribution >= 0.6 is 11.6 Å². The van der Waals surface area contributed by atoms with Crippen LogP contribution in [-0.2, 0) is 23.1 Å². The molecule has 0 aliphatic heterocycles. The van der Waals surface area contributed by atoms with Crippen LogP contribution in [0.3, 0.4) is 0 Å². The molecule has 21 heavy (non-hydrogen) atoms. The van der Waals surface area contributed by atoms with Gasteiger partial charge in [-0.05, 0) is 41.5 Å². The molecule has 0 aliphatic carbocycles. The van der Waals surface area contributed by atoms with E-state index in [1.807, 2.05) is 42.5 Å². The molecule has 0 aliphatic rings. The molecule has 1 atom stereocenters. The largest absolute Gasteiger partial charge is 0.497 e. The predicted molar refractivity (Wildman–Crippen MR) is 89.5 cm³/mol. The van der Waals surface area contributed by atoms with Crippen LogP contribution in [0.5, 0.6) is 5.75 Å². The molecule has 0 amide bonds. The third kappa shape index (κ3) is 4.76. The summed E-state index contributed by atoms with van der Waals surface area (Å²) in [6.45, 7) is 0.688. The molecule has 112 valence electrons. The summed E-state index contributed by atoms with van der Waals surface area (Å²) in [7, 11) is 0.748. The van der Waals surface area contributed by atoms with E-state index in [-0.39, 0.29) is 0 Å². The predicted octanol–water partition coefficient (Wildman–Crippen LogP) is 3.84. The summed E-state index contributed by atoms with van der Waals surface area (Å²) in [4.78, 5) is 0. The lowest BCUT2D eigenvalue weighted by Crippen LogP contribution is -2.01. The fraction of sp³-hybridized carbons (Fsp3) is 0.250. The second-order valence-corrected chi connectivity index (χ2v) is 6.57. The summed E-state index contributed by atoms with van der Waals surface area (Å²) in [5.74, 6) is 1.31. The number of anilines is 1. The average Bonchev–Trinajstić information content (AvgIpc) is 2.48. The van der Waals surface area contributed by atoms with Crippen LogP contribution in [-0.4, -0.2) is 17.6 Å². The zero-order valence-corrected chi connectivity index (χ0v) is 13.6. The van der Waals surface area contributed by atoms with E-state index in [1.54, 1.807) is 13.4 Å². The molecule has 0 radical (unpaired) electrons. The van der Waals surface area contributed by atoms with E-state index in [9.17, 15) is 4.21 Å². The lowest BCUT2D eigenvalue weighted by molar-refractivity contribution is 0.414. The summed E-state index contributed by atoms with van der Waals surface area (Å²) in [5, 5.41) is 3.99. The van der Waals surface area contributed by atoms with Crippen LogP contribution in [0, 0.1) is 0 Å². The Morgan fingerprint density at radius 3 is 2.76 bits per heavy atom. The van der Waals surface area contributed by atoms with Crippen LogP contribution in [0.15, 0.2) is 42.5 Å². The van der Waals surface area contributed by atoms with Crippen molar-refractivity contribution in [2.24, 2.45) is 0 Å². The number of hydrogen-bond acceptors (Lipinski definition) is 3. The third-order valence-corrected chi connectivity index (χ3v) is 4.12. The van der Waals surface area contributed by atoms with Crippen molar-refractivity contribution in [3.63, 3.8) is 0 Å². The molecule has 0 bridgehead atoms. The molecule has 1 N–H and O–H groups in total. The highest BCUT2D eigenvalue weighted by Gasteiger charge is 2.04. The summed E-state index contributed by atoms with van der Waals surface area (Å²) in [5.41, 5.74) is 2.99. The number of halogens is 1. The molecule has 3 nitrogen and oxygen atoms in total. The highest BCUT2D eigenvalue weighted by molar-refractivity contribution is 7.83. The van der Waals surface area contributed by atoms with E-state index in [0.717, 1.165) is 22.6 Å². The van der Waals surface area contributed by atoms with Gasteiger partial charge in [-0.2, -0.15) is 0 Å². The molecule has 0 unspecified atom stereocenters. The molecule has 2 aromatic rings. The van der Waals surface area contributed by atoms with Crippen molar-refractivity contribution in [1.29, 1.82) is 0 Å². The van der Waals surface area contributed by atoms with Gasteiger partial charge in [0.1, 0.15) is 5.75 Å². The number of nitrogens with one attached hydrogen (secondary N) is 1. The fourth-order valence-corrected chi connectivity index (χ4v) is 2.94. The van der Waals surface area contributed by atoms with E-state index in [0.29, 0.717) is 17.3 Å². The topological polar surface area (TPSA) is 38.3 Å². The maximum atomic E-state index is 11.3. The zero-order chi connectivity index (χ0) is 15.2. The maximum Gasteiger partial charge on any atom is 0.119 e. The van der Waals surface area contributed by atoms with Crippen molar-refractivity contribution in [1.82, 2.24) is 0 Å². The van der Waals surface area contributed by atoms with Crippen molar-refractivity contribution >= 4 is 28.1 Å². The van der Waals surface area contributed by atoms with Gasteiger partial charge in [-0.25, -0.2) is 0 Å². The average molecular weight is 324 g/mol. The Hall–Kier alpha value is -1.52. The highest BCUT2D eigenvalue weighted by Crippen LogP contribution is 2.22. The highest BCUT2D eigenvalue weighted by atomic mass is 35.5. The van der Waals surface area contributed by atoms with Gasteiger partial charge in [-0.3, -0.25) is 4.21 Å². The van der Waals surface area contributed by atoms with Crippen LogP contribution in [0.2, 0.25) is 5.02 Å². The van der Waals surface area contributed by atoms with Gasteiger partial charge in [0.25, 0.3) is 0 Å². The number of hydrogen-bond donors (Lipinski definition) is 1. The fourth-order valence-electron chi connectivity index (χ4n) is 2.00. The Labute approximate surface area is 132 Å². The molecule has 2 rings (SSSR count). The standard InChI is InChI=1S/C16H18ClNO2S/c1-20-15-5-3-4-12(8-15)10-18-14-6-7-16(17)13(9-14)11-21(2)19/h3-9,18H,10-11H2,1-2H3/t21-/m0/s1. The summed E-state index contributed by atoms with van der Waals surface area (Å²) in [6, 6.07) is 13.6. The Bertz CT molecular complexity index is 646. The number of rotatable bonds is 6. The van der Waals surface area contributed by atoms with Gasteiger partial charge in [0.15, 0.2) is 0 Å². The Morgan fingerprint density at radius 1 is 1.24 bits per heavy atom. The van der Waals surface area contributed by atoms with Gasteiger partial charge in [-0.1, -0.05) is 23.7 Å². The van der Waals surface area contributed by atoms with Crippen LogP contribution in [0.1, 0.15) is 11.1 Å². The smallest absolute Gasteiger partial charge is 0.119 e. The molecular weight excluding hydrogens is 306 g/mol. The van der Waals surface area contributed by atoms with Crippen molar-refractivity contribution in [2.45, 2.75) is 12.3 Å². The summed E-state index contributed by atoms with van der Waals surface area (Å²) < 4.78 is 16.6. The lowest BCUT2D eigenvalue weighted by atomic mass is 10.2. The van der Waals surface area contributed by atoms with Gasteiger partial charge in [0.05, 0.1) is 7.11 Å². The first kappa shape index (κ1) is 15.9. The molecule has 2 aromatic carbocycles. The van der Waals surface area contributed by atoms with E-state index in [1.165, 1.54) is 0 Å². The van der Waals surface area contributed by atoms with Gasteiger partial charge < -0.3 is 10.1 Å². The zero-order valence-electron chi connectivity index (χ0n) is 12.1. The second kappa shape index (κ2) is 7.48. The number of methoxy groups -OCH3 is 1. The minimum Gasteiger partial charge on any atom is -0.497 e. The Balaban J connectivity index is 2.07. The maximum absolute atomic E-state index is 11.3. The molecule has 0 fully saturated rings. The summed E-state index contributed by atoms with van der Waals surface area (Å²) >= 11 is 6.12. The molecule has 0 saturated heterocycles. The van der Waals surface area contributed by atoms with E-state index in [4.69, 9.17) is 16.3 Å². The first-order chi connectivity index (χ1) is 10.1. The molecule has 0 saturated carbocycles. The van der Waals surface area contributed by atoms with Crippen molar-refractivity contribution in [2.75, 3.05) is 18.7 Å². The van der Waals surface area contributed by atoms with Gasteiger partial charge in [0, 0.05) is 40.1 Å². The normalized spacial score (nSPS) is 12.0. The van der Waals surface area contributed by atoms with Crippen LogP contribution in [0.25, 0.3) is 0 Å². The molecular formula is C16H18ClNO2S. The second-order valence-electron chi connectivity index (χ2n) is 4.73. The number of ether oxygens (including phenoxy) is 1. The number of benzene rings is 2. The minimum absolute atomic E-state index is 0.466. The Kier molecular flexibility index (Phi) is 5.65. The molecule has 0 spiro atoms. The van der Waals surface area contributed by atoms with E-state index in [2.05, 4.69) is 5.32 Å². The molecule has 0 heterocycles. The quantitative estimate of drug-likeness (QED) is 0.877. The van der Waals surface area contributed by atoms with Gasteiger partial charge >= 0.3 is 0 Å². The first-order valence-corrected chi connectivity index (χ1v) is 8.64.